The zero-order valence-corrected chi connectivity index (χ0v) is 15.3. The van der Waals surface area contributed by atoms with Crippen molar-refractivity contribution in [2.45, 2.75) is 5.41 Å². The van der Waals surface area contributed by atoms with E-state index in [-0.39, 0.29) is 19.2 Å². The Morgan fingerprint density at radius 2 is 2.00 bits per heavy atom. The fourth-order valence-corrected chi connectivity index (χ4v) is 3.48. The largest absolute Gasteiger partial charge is 0.378 e. The van der Waals surface area contributed by atoms with Crippen LogP contribution in [0.25, 0.3) is 0 Å². The first-order valence-corrected chi connectivity index (χ1v) is 8.71. The van der Waals surface area contributed by atoms with E-state index in [1.54, 1.807) is 18.2 Å². The summed E-state index contributed by atoms with van der Waals surface area (Å²) >= 11 is 3.35. The Morgan fingerprint density at radius 1 is 1.30 bits per heavy atom. The fraction of sp³-hybridized carbons (Fsp3) is 0.235. The number of hydrogen-bond donors (Lipinski definition) is 1. The molecule has 1 fully saturated rings. The average molecular weight is 435 g/mol. The molecule has 2 aliphatic heterocycles. The van der Waals surface area contributed by atoms with Crippen LogP contribution in [0, 0.1) is 5.82 Å². The first-order chi connectivity index (χ1) is 12.9. The van der Waals surface area contributed by atoms with Crippen molar-refractivity contribution in [1.82, 2.24) is 14.9 Å². The van der Waals surface area contributed by atoms with Gasteiger partial charge in [-0.05, 0) is 23.8 Å². The van der Waals surface area contributed by atoms with E-state index in [4.69, 9.17) is 4.74 Å². The molecule has 0 radical (unpaired) electrons. The number of fused-ring (bicyclic) bond motifs is 2. The van der Waals surface area contributed by atoms with Gasteiger partial charge in [0.25, 0.3) is 5.91 Å². The van der Waals surface area contributed by atoms with Crippen molar-refractivity contribution in [3.05, 3.63) is 52.0 Å². The van der Waals surface area contributed by atoms with Gasteiger partial charge in [-0.25, -0.2) is 14.4 Å². The summed E-state index contributed by atoms with van der Waals surface area (Å²) in [4.78, 5) is 46.2. The molecule has 1 N–H and O–H groups in total. The first-order valence-electron chi connectivity index (χ1n) is 7.92. The Morgan fingerprint density at radius 3 is 2.63 bits per heavy atom. The van der Waals surface area contributed by atoms with E-state index in [0.29, 0.717) is 11.1 Å². The van der Waals surface area contributed by atoms with Crippen LogP contribution in [0.4, 0.5) is 10.3 Å². The second kappa shape index (κ2) is 6.46. The molecule has 1 aromatic heterocycles. The van der Waals surface area contributed by atoms with E-state index in [1.165, 1.54) is 0 Å². The van der Waals surface area contributed by atoms with Crippen molar-refractivity contribution in [2.24, 2.45) is 0 Å². The summed E-state index contributed by atoms with van der Waals surface area (Å²) in [6.45, 7) is -0.223. The summed E-state index contributed by atoms with van der Waals surface area (Å²) < 4.78 is 18.8. The maximum absolute atomic E-state index is 13.0. The molecule has 2 aliphatic rings. The van der Waals surface area contributed by atoms with Gasteiger partial charge in [0.2, 0.25) is 17.8 Å². The van der Waals surface area contributed by atoms with Gasteiger partial charge in [0, 0.05) is 10.0 Å². The number of ether oxygens (including phenoxy) is 1. The highest BCUT2D eigenvalue weighted by Gasteiger charge is 2.56. The summed E-state index contributed by atoms with van der Waals surface area (Å²) in [5, 5.41) is 2.34. The predicted molar refractivity (Wildman–Crippen MR) is 93.3 cm³/mol. The molecule has 4 rings (SSSR count). The van der Waals surface area contributed by atoms with E-state index in [9.17, 15) is 18.8 Å². The quantitative estimate of drug-likeness (QED) is 0.729. The number of imide groups is 1. The van der Waals surface area contributed by atoms with Crippen LogP contribution >= 0.6 is 15.9 Å². The third-order valence-electron chi connectivity index (χ3n) is 4.50. The second-order valence-electron chi connectivity index (χ2n) is 6.23. The predicted octanol–water partition coefficient (Wildman–Crippen LogP) is 1.27. The minimum atomic E-state index is -0.973. The highest BCUT2D eigenvalue weighted by atomic mass is 79.9. The molecule has 138 valence electrons. The zero-order chi connectivity index (χ0) is 19.2. The third kappa shape index (κ3) is 2.90. The van der Waals surface area contributed by atoms with Gasteiger partial charge in [0.1, 0.15) is 12.0 Å². The Labute approximate surface area is 160 Å². The highest BCUT2D eigenvalue weighted by molar-refractivity contribution is 9.10. The Kier molecular flexibility index (Phi) is 4.23. The SMILES string of the molecule is O=C(CN1C(=O)c2ccc(Br)cc2C2(COC2)C1=O)Nc1ncc(F)cn1. The lowest BCUT2D eigenvalue weighted by Gasteiger charge is -2.46. The number of anilines is 1. The van der Waals surface area contributed by atoms with Crippen molar-refractivity contribution in [1.29, 1.82) is 0 Å². The lowest BCUT2D eigenvalue weighted by atomic mass is 9.72. The summed E-state index contributed by atoms with van der Waals surface area (Å²) in [7, 11) is 0. The molecule has 1 aromatic carbocycles. The van der Waals surface area contributed by atoms with Gasteiger partial charge in [-0.3, -0.25) is 24.6 Å². The molecule has 8 nitrogen and oxygen atoms in total. The van der Waals surface area contributed by atoms with Gasteiger partial charge in [0.05, 0.1) is 25.6 Å². The van der Waals surface area contributed by atoms with Crippen molar-refractivity contribution in [2.75, 3.05) is 25.1 Å². The summed E-state index contributed by atoms with van der Waals surface area (Å²) in [5.74, 6) is -2.48. The number of nitrogens with one attached hydrogen (secondary N) is 1. The standard InChI is InChI=1S/C17H12BrFN4O4/c18-9-1-2-11-12(3-9)17(7-27-8-17)15(26)23(14(11)25)6-13(24)22-16-20-4-10(19)5-21-16/h1-5H,6-8H2,(H,20,21,22,24). The lowest BCUT2D eigenvalue weighted by Crippen LogP contribution is -2.64. The van der Waals surface area contributed by atoms with Crippen molar-refractivity contribution in [3.63, 3.8) is 0 Å². The van der Waals surface area contributed by atoms with Crippen LogP contribution in [0.15, 0.2) is 35.1 Å². The molecule has 0 aliphatic carbocycles. The molecule has 1 saturated heterocycles. The monoisotopic (exact) mass is 434 g/mol. The number of carbonyl (C=O) groups is 3. The number of carbonyl (C=O) groups excluding carboxylic acids is 3. The maximum Gasteiger partial charge on any atom is 0.261 e. The summed E-state index contributed by atoms with van der Waals surface area (Å²) in [6.07, 6.45) is 1.79. The molecule has 0 atom stereocenters. The summed E-state index contributed by atoms with van der Waals surface area (Å²) in [5.41, 5.74) is -0.0248. The topological polar surface area (TPSA) is 101 Å². The molecule has 10 heteroatoms. The molecular formula is C17H12BrFN4O4. The van der Waals surface area contributed by atoms with E-state index >= 15 is 0 Å². The van der Waals surface area contributed by atoms with Gasteiger partial charge in [-0.2, -0.15) is 0 Å². The van der Waals surface area contributed by atoms with Crippen LogP contribution < -0.4 is 5.32 Å². The van der Waals surface area contributed by atoms with Crippen molar-refractivity contribution >= 4 is 39.6 Å². The molecule has 0 unspecified atom stereocenters. The normalized spacial score (nSPS) is 17.5. The van der Waals surface area contributed by atoms with E-state index in [0.717, 1.165) is 21.8 Å². The third-order valence-corrected chi connectivity index (χ3v) is 4.99. The van der Waals surface area contributed by atoms with Gasteiger partial charge in [-0.1, -0.05) is 15.9 Å². The highest BCUT2D eigenvalue weighted by Crippen LogP contribution is 2.41. The average Bonchev–Trinajstić information content (AvgIpc) is 2.59. The van der Waals surface area contributed by atoms with Gasteiger partial charge in [0.15, 0.2) is 5.82 Å². The number of benzene rings is 1. The van der Waals surface area contributed by atoms with Crippen molar-refractivity contribution in [3.8, 4) is 0 Å². The second-order valence-corrected chi connectivity index (χ2v) is 7.15. The van der Waals surface area contributed by atoms with Crippen LogP contribution in [0.5, 0.6) is 0 Å². The minimum absolute atomic E-state index is 0.121. The molecule has 27 heavy (non-hydrogen) atoms. The fourth-order valence-electron chi connectivity index (χ4n) is 3.12. The van der Waals surface area contributed by atoms with Crippen LogP contribution in [0.1, 0.15) is 15.9 Å². The van der Waals surface area contributed by atoms with Gasteiger partial charge in [-0.15, -0.1) is 0 Å². The number of halogens is 2. The minimum Gasteiger partial charge on any atom is -0.378 e. The molecule has 2 aromatic rings. The molecule has 0 saturated carbocycles. The number of rotatable bonds is 3. The molecular weight excluding hydrogens is 423 g/mol. The van der Waals surface area contributed by atoms with E-state index in [2.05, 4.69) is 31.2 Å². The molecule has 0 bridgehead atoms. The van der Waals surface area contributed by atoms with Gasteiger partial charge < -0.3 is 4.74 Å². The van der Waals surface area contributed by atoms with Gasteiger partial charge >= 0.3 is 0 Å². The molecule has 1 spiro atoms. The lowest BCUT2D eigenvalue weighted by molar-refractivity contribution is -0.155. The number of amides is 3. The Balaban J connectivity index is 1.60. The van der Waals surface area contributed by atoms with Crippen LogP contribution in [-0.4, -0.2) is 52.3 Å². The maximum atomic E-state index is 13.0. The van der Waals surface area contributed by atoms with Crippen molar-refractivity contribution < 1.29 is 23.5 Å². The number of nitrogens with zero attached hydrogens (tertiary/aromatic N) is 3. The van der Waals surface area contributed by atoms with E-state index < -0.39 is 35.5 Å². The Hall–Kier alpha value is -2.72. The number of aromatic nitrogens is 2. The first kappa shape index (κ1) is 17.7. The van der Waals surface area contributed by atoms with Crippen LogP contribution in [0.3, 0.4) is 0 Å². The zero-order valence-electron chi connectivity index (χ0n) is 13.7. The molecule has 3 amide bonds. The number of hydrogen-bond acceptors (Lipinski definition) is 6. The smallest absolute Gasteiger partial charge is 0.261 e. The van der Waals surface area contributed by atoms with E-state index in [1.807, 2.05) is 0 Å². The molecule has 3 heterocycles. The van der Waals surface area contributed by atoms with Crippen LogP contribution in [-0.2, 0) is 19.7 Å². The van der Waals surface area contributed by atoms with Crippen LogP contribution in [0.2, 0.25) is 0 Å². The Bertz CT molecular complexity index is 962. The summed E-state index contributed by atoms with van der Waals surface area (Å²) in [6, 6.07) is 5.05.